The summed E-state index contributed by atoms with van der Waals surface area (Å²) in [7, 11) is 0. The quantitative estimate of drug-likeness (QED) is 0.387. The van der Waals surface area contributed by atoms with Crippen molar-refractivity contribution < 1.29 is 18.0 Å². The van der Waals surface area contributed by atoms with Crippen LogP contribution < -0.4 is 10.6 Å². The Labute approximate surface area is 198 Å². The Morgan fingerprint density at radius 1 is 1.06 bits per heavy atom. The third-order valence-corrected chi connectivity index (χ3v) is 6.33. The van der Waals surface area contributed by atoms with Gasteiger partial charge in [0.25, 0.3) is 5.91 Å². The van der Waals surface area contributed by atoms with E-state index in [9.17, 15) is 18.0 Å². The predicted molar refractivity (Wildman–Crippen MR) is 124 cm³/mol. The highest BCUT2D eigenvalue weighted by Gasteiger charge is 2.34. The lowest BCUT2D eigenvalue weighted by atomic mass is 9.91. The number of anilines is 1. The van der Waals surface area contributed by atoms with Crippen molar-refractivity contribution in [1.29, 1.82) is 0 Å². The van der Waals surface area contributed by atoms with Crippen molar-refractivity contribution in [2.75, 3.05) is 5.32 Å². The lowest BCUT2D eigenvalue weighted by molar-refractivity contribution is -0.140. The minimum atomic E-state index is -4.50. The molecule has 34 heavy (non-hydrogen) atoms. The molecule has 4 aromatic rings. The summed E-state index contributed by atoms with van der Waals surface area (Å²) in [6, 6.07) is 12.1. The van der Waals surface area contributed by atoms with Crippen molar-refractivity contribution in [3.63, 3.8) is 0 Å². The number of fused-ring (bicyclic) bond motifs is 2. The summed E-state index contributed by atoms with van der Waals surface area (Å²) in [6.07, 6.45) is 1.15. The van der Waals surface area contributed by atoms with Gasteiger partial charge in [0.2, 0.25) is 0 Å². The van der Waals surface area contributed by atoms with Crippen LogP contribution in [0.15, 0.2) is 54.9 Å². The monoisotopic (exact) mass is 487 g/mol. The highest BCUT2D eigenvalue weighted by molar-refractivity contribution is 6.32. The van der Waals surface area contributed by atoms with Crippen molar-refractivity contribution in [2.24, 2.45) is 0 Å². The first-order valence-corrected chi connectivity index (χ1v) is 11.3. The van der Waals surface area contributed by atoms with Gasteiger partial charge in [-0.15, -0.1) is 0 Å². The molecule has 10 heteroatoms. The Morgan fingerprint density at radius 2 is 1.82 bits per heavy atom. The maximum Gasteiger partial charge on any atom is 0.434 e. The Balaban J connectivity index is 1.24. The number of nitrogens with one attached hydrogen (secondary N) is 2. The molecular weight excluding hydrogens is 467 g/mol. The first-order valence-electron chi connectivity index (χ1n) is 10.9. The highest BCUT2D eigenvalue weighted by atomic mass is 35.5. The largest absolute Gasteiger partial charge is 0.434 e. The molecule has 0 radical (unpaired) electrons. The lowest BCUT2D eigenvalue weighted by Gasteiger charge is -2.30. The van der Waals surface area contributed by atoms with Crippen LogP contribution in [0.1, 0.15) is 41.7 Å². The highest BCUT2D eigenvalue weighted by Crippen LogP contribution is 2.30. The molecule has 0 saturated heterocycles. The van der Waals surface area contributed by atoms with Crippen molar-refractivity contribution in [3.8, 4) is 0 Å². The van der Waals surface area contributed by atoms with Crippen molar-refractivity contribution >= 4 is 39.9 Å². The zero-order valence-corrected chi connectivity index (χ0v) is 18.7. The first-order chi connectivity index (χ1) is 16.3. The van der Waals surface area contributed by atoms with Crippen LogP contribution in [-0.2, 0) is 6.18 Å². The van der Waals surface area contributed by atoms with E-state index in [0.29, 0.717) is 21.9 Å². The van der Waals surface area contributed by atoms with E-state index in [1.54, 1.807) is 42.6 Å². The number of alkyl halides is 3. The van der Waals surface area contributed by atoms with Crippen molar-refractivity contribution in [1.82, 2.24) is 19.7 Å². The number of carbonyl (C=O) groups excluding carboxylic acids is 1. The topological polar surface area (TPSA) is 71.3 Å². The fraction of sp³-hybridized carbons (Fsp3) is 0.292. The van der Waals surface area contributed by atoms with Crippen LogP contribution in [0.3, 0.4) is 0 Å². The first kappa shape index (κ1) is 22.5. The van der Waals surface area contributed by atoms with Crippen LogP contribution in [0.25, 0.3) is 16.6 Å². The van der Waals surface area contributed by atoms with Crippen LogP contribution >= 0.6 is 11.6 Å². The number of hydrogen-bond acceptors (Lipinski definition) is 4. The fourth-order valence-corrected chi connectivity index (χ4v) is 4.67. The maximum absolute atomic E-state index is 13.1. The number of hydrogen-bond donors (Lipinski definition) is 2. The Hall–Kier alpha value is -3.33. The number of halogens is 4. The van der Waals surface area contributed by atoms with Crippen LogP contribution in [0.4, 0.5) is 19.0 Å². The molecule has 1 aliphatic carbocycles. The molecule has 5 rings (SSSR count). The van der Waals surface area contributed by atoms with E-state index in [1.807, 2.05) is 6.07 Å². The van der Waals surface area contributed by atoms with E-state index in [2.05, 4.69) is 20.6 Å². The van der Waals surface area contributed by atoms with Crippen molar-refractivity contribution in [3.05, 3.63) is 71.1 Å². The van der Waals surface area contributed by atoms with Crippen LogP contribution in [-0.4, -0.2) is 32.4 Å². The van der Waals surface area contributed by atoms with Gasteiger partial charge in [0.15, 0.2) is 5.69 Å². The second-order valence-corrected chi connectivity index (χ2v) is 8.89. The summed E-state index contributed by atoms with van der Waals surface area (Å²) in [4.78, 5) is 21.0. The Bertz CT molecular complexity index is 1360. The molecule has 0 bridgehead atoms. The van der Waals surface area contributed by atoms with Gasteiger partial charge in [-0.2, -0.15) is 13.2 Å². The number of aromatic nitrogens is 3. The third kappa shape index (κ3) is 4.52. The van der Waals surface area contributed by atoms with Crippen LogP contribution in [0, 0.1) is 0 Å². The summed E-state index contributed by atoms with van der Waals surface area (Å²) < 4.78 is 40.6. The zero-order chi connectivity index (χ0) is 23.9. The molecule has 1 aliphatic rings. The molecule has 0 atom stereocenters. The Kier molecular flexibility index (Phi) is 5.81. The second kappa shape index (κ2) is 8.79. The van der Waals surface area contributed by atoms with Crippen LogP contribution in [0.2, 0.25) is 5.02 Å². The van der Waals surface area contributed by atoms with Gasteiger partial charge in [0.1, 0.15) is 11.5 Å². The second-order valence-electron chi connectivity index (χ2n) is 8.46. The van der Waals surface area contributed by atoms with E-state index < -0.39 is 11.9 Å². The fourth-order valence-electron chi connectivity index (χ4n) is 4.45. The molecule has 3 heterocycles. The molecule has 0 unspecified atom stereocenters. The van der Waals surface area contributed by atoms with Crippen LogP contribution in [0.5, 0.6) is 0 Å². The lowest BCUT2D eigenvalue weighted by Crippen LogP contribution is -2.40. The van der Waals surface area contributed by atoms with E-state index in [-0.39, 0.29) is 23.6 Å². The van der Waals surface area contributed by atoms with Gasteiger partial charge in [-0.25, -0.2) is 4.98 Å². The number of benzene rings is 1. The van der Waals surface area contributed by atoms with Gasteiger partial charge < -0.3 is 10.6 Å². The van der Waals surface area contributed by atoms with Gasteiger partial charge in [0, 0.05) is 34.9 Å². The number of amides is 1. The number of imidazole rings is 1. The van der Waals surface area contributed by atoms with Gasteiger partial charge in [-0.3, -0.25) is 14.2 Å². The minimum absolute atomic E-state index is 0.0100. The Morgan fingerprint density at radius 3 is 2.59 bits per heavy atom. The number of nitrogens with zero attached hydrogens (tertiary/aromatic N) is 3. The zero-order valence-electron chi connectivity index (χ0n) is 17.9. The van der Waals surface area contributed by atoms with Gasteiger partial charge in [-0.1, -0.05) is 23.7 Å². The molecule has 176 valence electrons. The van der Waals surface area contributed by atoms with Gasteiger partial charge in [0.05, 0.1) is 11.1 Å². The molecule has 0 aliphatic heterocycles. The third-order valence-electron chi connectivity index (χ3n) is 6.11. The summed E-state index contributed by atoms with van der Waals surface area (Å²) >= 11 is 6.19. The maximum atomic E-state index is 13.1. The summed E-state index contributed by atoms with van der Waals surface area (Å²) in [5, 5.41) is 7.70. The molecule has 2 N–H and O–H groups in total. The van der Waals surface area contributed by atoms with E-state index >= 15 is 0 Å². The van der Waals surface area contributed by atoms with Crippen molar-refractivity contribution in [2.45, 2.75) is 43.9 Å². The smallest absolute Gasteiger partial charge is 0.368 e. The summed E-state index contributed by atoms with van der Waals surface area (Å²) in [6.45, 7) is 0. The van der Waals surface area contributed by atoms with Gasteiger partial charge in [-0.05, 0) is 56.0 Å². The SMILES string of the molecule is O=C(N[C@H]1CC[C@@H](Nc2cccc3nc(C(F)(F)F)cn23)CC1)c1cc(Cl)cc2cccnc12. The minimum Gasteiger partial charge on any atom is -0.368 e. The molecule has 1 saturated carbocycles. The average Bonchev–Trinajstić information content (AvgIpc) is 3.26. The van der Waals surface area contributed by atoms with E-state index in [0.717, 1.165) is 37.3 Å². The number of rotatable bonds is 4. The van der Waals surface area contributed by atoms with E-state index in [4.69, 9.17) is 11.6 Å². The normalized spacial score (nSPS) is 18.8. The molecule has 6 nitrogen and oxygen atoms in total. The molecule has 1 amide bonds. The molecule has 1 fully saturated rings. The van der Waals surface area contributed by atoms with E-state index in [1.165, 1.54) is 4.40 Å². The molecule has 3 aromatic heterocycles. The van der Waals surface area contributed by atoms with Gasteiger partial charge >= 0.3 is 6.18 Å². The number of carbonyl (C=O) groups is 1. The molecular formula is C24H21ClF3N5O. The predicted octanol–water partition coefficient (Wildman–Crippen LogP) is 5.71. The standard InChI is InChI=1S/C24H21ClF3N5O/c25-15-11-14-3-2-10-29-22(14)18(12-15)23(34)31-17-8-6-16(7-9-17)30-20-4-1-5-21-32-19(13-33(20)21)24(26,27)28/h1-5,10-13,16-17,30H,6-9H2,(H,31,34)/t16-,17+. The molecule has 1 aromatic carbocycles. The summed E-state index contributed by atoms with van der Waals surface area (Å²) in [5.41, 5.74) is 0.360. The average molecular weight is 488 g/mol. The summed E-state index contributed by atoms with van der Waals surface area (Å²) in [5.74, 6) is 0.343. The number of pyridine rings is 2. The molecule has 0 spiro atoms.